The lowest BCUT2D eigenvalue weighted by molar-refractivity contribution is 0.102. The molecule has 1 aromatic carbocycles. The number of hydrogen-bond donors (Lipinski definition) is 1. The molecule has 0 atom stereocenters. The molecule has 1 saturated heterocycles. The van der Waals surface area contributed by atoms with Gasteiger partial charge in [0.2, 0.25) is 10.0 Å². The predicted octanol–water partition coefficient (Wildman–Crippen LogP) is 2.69. The number of rotatable bonds is 5. The molecule has 0 saturated carbocycles. The molecule has 0 spiro atoms. The topological polar surface area (TPSA) is 109 Å². The van der Waals surface area contributed by atoms with Crippen molar-refractivity contribution >= 4 is 38.5 Å². The van der Waals surface area contributed by atoms with Crippen LogP contribution >= 0.6 is 11.3 Å². The van der Waals surface area contributed by atoms with Crippen molar-refractivity contribution in [1.82, 2.24) is 14.2 Å². The summed E-state index contributed by atoms with van der Waals surface area (Å²) in [6, 6.07) is 5.95. The second-order valence-electron chi connectivity index (χ2n) is 7.35. The molecular weight excluding hydrogens is 440 g/mol. The Hall–Kier alpha value is -2.50. The molecule has 0 unspecified atom stereocenters. The van der Waals surface area contributed by atoms with Crippen LogP contribution in [0.1, 0.15) is 40.7 Å². The predicted molar refractivity (Wildman–Crippen MR) is 116 cm³/mol. The first-order chi connectivity index (χ1) is 14.9. The standard InChI is InChI=1S/C20H24N4O5S2/c1-2-29-20(26)23-12-9-16-17(13-23)30-19(21-16)22-18(25)14-5-7-15(8-6-14)31(27,28)24-10-3-4-11-24/h5-8H,2-4,9-13H2,1H3,(H,21,22,25). The van der Waals surface area contributed by atoms with E-state index in [2.05, 4.69) is 10.3 Å². The van der Waals surface area contributed by atoms with Gasteiger partial charge < -0.3 is 9.64 Å². The normalized spacial score (nSPS) is 16.7. The number of benzene rings is 1. The Labute approximate surface area is 185 Å². The van der Waals surface area contributed by atoms with Gasteiger partial charge in [0.05, 0.1) is 23.7 Å². The van der Waals surface area contributed by atoms with Gasteiger partial charge in [0.1, 0.15) is 0 Å². The van der Waals surface area contributed by atoms with Crippen LogP contribution in [0.4, 0.5) is 9.93 Å². The van der Waals surface area contributed by atoms with Crippen LogP contribution in [0.25, 0.3) is 0 Å². The summed E-state index contributed by atoms with van der Waals surface area (Å²) in [6.07, 6.45) is 1.99. The molecule has 0 aliphatic carbocycles. The monoisotopic (exact) mass is 464 g/mol. The Morgan fingerprint density at radius 2 is 1.87 bits per heavy atom. The van der Waals surface area contributed by atoms with E-state index in [1.807, 2.05) is 0 Å². The summed E-state index contributed by atoms with van der Waals surface area (Å²) in [4.78, 5) is 31.7. The number of anilines is 1. The van der Waals surface area contributed by atoms with E-state index in [4.69, 9.17) is 4.74 Å². The molecule has 0 radical (unpaired) electrons. The maximum absolute atomic E-state index is 12.6. The molecule has 2 aliphatic heterocycles. The number of carbonyl (C=O) groups is 2. The minimum atomic E-state index is -3.51. The zero-order valence-electron chi connectivity index (χ0n) is 17.2. The van der Waals surface area contributed by atoms with Crippen LogP contribution in [-0.4, -0.2) is 60.8 Å². The molecule has 4 rings (SSSR count). The van der Waals surface area contributed by atoms with Gasteiger partial charge in [-0.25, -0.2) is 18.2 Å². The van der Waals surface area contributed by atoms with Gasteiger partial charge in [-0.1, -0.05) is 11.3 Å². The molecule has 9 nitrogen and oxygen atoms in total. The van der Waals surface area contributed by atoms with Crippen LogP contribution < -0.4 is 5.32 Å². The Morgan fingerprint density at radius 3 is 2.55 bits per heavy atom. The smallest absolute Gasteiger partial charge is 0.410 e. The highest BCUT2D eigenvalue weighted by molar-refractivity contribution is 7.89. The number of aromatic nitrogens is 1. The molecular formula is C20H24N4O5S2. The first-order valence-corrected chi connectivity index (χ1v) is 12.5. The van der Waals surface area contributed by atoms with Gasteiger partial charge in [-0.05, 0) is 44.0 Å². The van der Waals surface area contributed by atoms with E-state index in [-0.39, 0.29) is 16.9 Å². The minimum absolute atomic E-state index is 0.190. The highest BCUT2D eigenvalue weighted by atomic mass is 32.2. The average Bonchev–Trinajstić information content (AvgIpc) is 3.43. The second kappa shape index (κ2) is 8.93. The van der Waals surface area contributed by atoms with Crippen molar-refractivity contribution in [3.8, 4) is 0 Å². The quantitative estimate of drug-likeness (QED) is 0.729. The number of thiazole rings is 1. The fraction of sp³-hybridized carbons (Fsp3) is 0.450. The van der Waals surface area contributed by atoms with Crippen LogP contribution in [0.2, 0.25) is 0 Å². The molecule has 1 fully saturated rings. The summed E-state index contributed by atoms with van der Waals surface area (Å²) in [5, 5.41) is 3.23. The minimum Gasteiger partial charge on any atom is -0.450 e. The fourth-order valence-electron chi connectivity index (χ4n) is 3.64. The summed E-state index contributed by atoms with van der Waals surface area (Å²) in [5.41, 5.74) is 1.22. The van der Waals surface area contributed by atoms with E-state index in [1.54, 1.807) is 11.8 Å². The number of nitrogens with one attached hydrogen (secondary N) is 1. The lowest BCUT2D eigenvalue weighted by atomic mass is 10.2. The van der Waals surface area contributed by atoms with Gasteiger partial charge in [-0.2, -0.15) is 4.31 Å². The first-order valence-electron chi connectivity index (χ1n) is 10.2. The summed E-state index contributed by atoms with van der Waals surface area (Å²) < 4.78 is 31.8. The van der Waals surface area contributed by atoms with Crippen LogP contribution in [0.15, 0.2) is 29.2 Å². The lowest BCUT2D eigenvalue weighted by Gasteiger charge is -2.24. The maximum atomic E-state index is 12.6. The Morgan fingerprint density at radius 1 is 1.16 bits per heavy atom. The van der Waals surface area contributed by atoms with Crippen molar-refractivity contribution in [3.05, 3.63) is 40.4 Å². The van der Waals surface area contributed by atoms with E-state index < -0.39 is 10.0 Å². The van der Waals surface area contributed by atoms with Crippen molar-refractivity contribution in [3.63, 3.8) is 0 Å². The average molecular weight is 465 g/mol. The molecule has 2 amide bonds. The third-order valence-corrected chi connectivity index (χ3v) is 8.21. The Kier molecular flexibility index (Phi) is 6.26. The van der Waals surface area contributed by atoms with Crippen molar-refractivity contribution in [2.75, 3.05) is 31.6 Å². The van der Waals surface area contributed by atoms with E-state index in [0.29, 0.717) is 49.9 Å². The zero-order chi connectivity index (χ0) is 22.0. The van der Waals surface area contributed by atoms with Crippen LogP contribution in [0, 0.1) is 0 Å². The van der Waals surface area contributed by atoms with E-state index in [1.165, 1.54) is 39.9 Å². The number of ether oxygens (including phenoxy) is 1. The maximum Gasteiger partial charge on any atom is 0.410 e. The van der Waals surface area contributed by atoms with Crippen LogP contribution in [0.3, 0.4) is 0 Å². The fourth-order valence-corrected chi connectivity index (χ4v) is 6.18. The van der Waals surface area contributed by atoms with Gasteiger partial charge in [0, 0.05) is 36.5 Å². The Balaban J connectivity index is 1.42. The number of sulfonamides is 1. The number of hydrogen-bond acceptors (Lipinski definition) is 7. The summed E-state index contributed by atoms with van der Waals surface area (Å²) in [5.74, 6) is -0.363. The molecule has 1 aromatic heterocycles. The third-order valence-electron chi connectivity index (χ3n) is 5.30. The molecule has 0 bridgehead atoms. The summed E-state index contributed by atoms with van der Waals surface area (Å²) >= 11 is 1.33. The van der Waals surface area contributed by atoms with Gasteiger partial charge in [0.25, 0.3) is 5.91 Å². The van der Waals surface area contributed by atoms with Crippen LogP contribution in [0.5, 0.6) is 0 Å². The first kappa shape index (κ1) is 21.7. The number of nitrogens with zero attached hydrogens (tertiary/aromatic N) is 3. The van der Waals surface area contributed by atoms with Crippen molar-refractivity contribution < 1.29 is 22.7 Å². The molecule has 31 heavy (non-hydrogen) atoms. The molecule has 11 heteroatoms. The second-order valence-corrected chi connectivity index (χ2v) is 10.4. The molecule has 166 valence electrons. The van der Waals surface area contributed by atoms with Crippen molar-refractivity contribution in [1.29, 1.82) is 0 Å². The van der Waals surface area contributed by atoms with Gasteiger partial charge in [-0.15, -0.1) is 0 Å². The largest absolute Gasteiger partial charge is 0.450 e. The molecule has 2 aromatic rings. The van der Waals surface area contributed by atoms with Gasteiger partial charge >= 0.3 is 6.09 Å². The van der Waals surface area contributed by atoms with Crippen LogP contribution in [-0.2, 0) is 27.7 Å². The van der Waals surface area contributed by atoms with E-state index >= 15 is 0 Å². The number of amides is 2. The molecule has 2 aliphatic rings. The zero-order valence-corrected chi connectivity index (χ0v) is 18.8. The number of carbonyl (C=O) groups excluding carboxylic acids is 2. The lowest BCUT2D eigenvalue weighted by Crippen LogP contribution is -2.35. The Bertz CT molecular complexity index is 1080. The molecule has 3 heterocycles. The van der Waals surface area contributed by atoms with E-state index in [0.717, 1.165) is 23.4 Å². The molecule has 1 N–H and O–H groups in total. The summed E-state index contributed by atoms with van der Waals surface area (Å²) in [6.45, 7) is 4.09. The van der Waals surface area contributed by atoms with Crippen molar-refractivity contribution in [2.24, 2.45) is 0 Å². The SMILES string of the molecule is CCOC(=O)N1CCc2nc(NC(=O)c3ccc(S(=O)(=O)N4CCCC4)cc3)sc2C1. The van der Waals surface area contributed by atoms with Crippen molar-refractivity contribution in [2.45, 2.75) is 37.6 Å². The van der Waals surface area contributed by atoms with Gasteiger partial charge in [0.15, 0.2) is 5.13 Å². The third kappa shape index (κ3) is 4.58. The van der Waals surface area contributed by atoms with E-state index in [9.17, 15) is 18.0 Å². The summed E-state index contributed by atoms with van der Waals surface area (Å²) in [7, 11) is -3.51. The highest BCUT2D eigenvalue weighted by Gasteiger charge is 2.28. The highest BCUT2D eigenvalue weighted by Crippen LogP contribution is 2.29. The van der Waals surface area contributed by atoms with Gasteiger partial charge in [-0.3, -0.25) is 10.1 Å². The number of fused-ring (bicyclic) bond motifs is 1.